The summed E-state index contributed by atoms with van der Waals surface area (Å²) in [6.07, 6.45) is 0. The third kappa shape index (κ3) is 2.47. The Morgan fingerprint density at radius 1 is 1.20 bits per heavy atom. The van der Waals surface area contributed by atoms with Crippen LogP contribution in [-0.2, 0) is 6.61 Å². The Morgan fingerprint density at radius 3 is 2.90 bits per heavy atom. The van der Waals surface area contributed by atoms with Crippen molar-refractivity contribution in [2.75, 3.05) is 6.61 Å². The molecule has 1 aliphatic heterocycles. The fourth-order valence-corrected chi connectivity index (χ4v) is 2.36. The number of benzene rings is 2. The highest BCUT2D eigenvalue weighted by atomic mass is 35.5. The number of ketones is 1. The van der Waals surface area contributed by atoms with Crippen LogP contribution in [-0.4, -0.2) is 12.4 Å². The van der Waals surface area contributed by atoms with Gasteiger partial charge < -0.3 is 9.47 Å². The quantitative estimate of drug-likeness (QED) is 0.854. The molecule has 3 rings (SSSR count). The van der Waals surface area contributed by atoms with Gasteiger partial charge in [-0.05, 0) is 18.2 Å². The fraction of sp³-hybridized carbons (Fsp3) is 0.133. The van der Waals surface area contributed by atoms with Crippen LogP contribution in [0.4, 0.5) is 0 Å². The Labute approximate surface area is 126 Å². The first-order chi connectivity index (χ1) is 9.65. The summed E-state index contributed by atoms with van der Waals surface area (Å²) in [4.78, 5) is 11.4. The van der Waals surface area contributed by atoms with E-state index in [1.54, 1.807) is 24.3 Å². The Kier molecular flexibility index (Phi) is 3.55. The van der Waals surface area contributed by atoms with Crippen molar-refractivity contribution in [3.63, 3.8) is 0 Å². The molecule has 0 saturated carbocycles. The van der Waals surface area contributed by atoms with E-state index in [4.69, 9.17) is 32.7 Å². The van der Waals surface area contributed by atoms with Crippen LogP contribution in [0.15, 0.2) is 36.4 Å². The van der Waals surface area contributed by atoms with Crippen LogP contribution < -0.4 is 9.47 Å². The standard InChI is InChI=1S/C15H10Cl2O3/c16-12-3-1-2-9(15(12)17)7-19-10-4-5-11-13(18)8-20-14(11)6-10/h1-6H,7-8H2. The summed E-state index contributed by atoms with van der Waals surface area (Å²) < 4.78 is 10.9. The molecular formula is C15H10Cl2O3. The lowest BCUT2D eigenvalue weighted by atomic mass is 10.1. The Hall–Kier alpha value is -1.71. The Balaban J connectivity index is 1.76. The van der Waals surface area contributed by atoms with Gasteiger partial charge in [-0.2, -0.15) is 0 Å². The number of hydrogen-bond donors (Lipinski definition) is 0. The Bertz CT molecular complexity index is 683. The summed E-state index contributed by atoms with van der Waals surface area (Å²) in [5.41, 5.74) is 1.40. The maximum absolute atomic E-state index is 11.4. The number of halogens is 2. The molecule has 102 valence electrons. The van der Waals surface area contributed by atoms with Crippen molar-refractivity contribution in [3.05, 3.63) is 57.6 Å². The van der Waals surface area contributed by atoms with Gasteiger partial charge >= 0.3 is 0 Å². The van der Waals surface area contributed by atoms with Gasteiger partial charge in [0.1, 0.15) is 18.1 Å². The first-order valence-electron chi connectivity index (χ1n) is 6.01. The van der Waals surface area contributed by atoms with Crippen molar-refractivity contribution in [1.82, 2.24) is 0 Å². The average Bonchev–Trinajstić information content (AvgIpc) is 2.82. The molecule has 0 unspecified atom stereocenters. The lowest BCUT2D eigenvalue weighted by molar-refractivity contribution is 0.0961. The summed E-state index contributed by atoms with van der Waals surface area (Å²) >= 11 is 12.0. The predicted molar refractivity (Wildman–Crippen MR) is 77.1 cm³/mol. The molecule has 5 heteroatoms. The number of carbonyl (C=O) groups is 1. The van der Waals surface area contributed by atoms with E-state index < -0.39 is 0 Å². The first kappa shape index (κ1) is 13.3. The maximum atomic E-state index is 11.4. The highest BCUT2D eigenvalue weighted by Gasteiger charge is 2.21. The number of rotatable bonds is 3. The minimum absolute atomic E-state index is 0.00978. The van der Waals surface area contributed by atoms with Crippen molar-refractivity contribution < 1.29 is 14.3 Å². The highest BCUT2D eigenvalue weighted by Crippen LogP contribution is 2.31. The molecular weight excluding hydrogens is 299 g/mol. The largest absolute Gasteiger partial charge is 0.489 e. The van der Waals surface area contributed by atoms with E-state index in [1.165, 1.54) is 0 Å². The molecule has 0 aromatic heterocycles. The van der Waals surface area contributed by atoms with Crippen molar-refractivity contribution in [2.24, 2.45) is 0 Å². The van der Waals surface area contributed by atoms with Crippen LogP contribution in [0.1, 0.15) is 15.9 Å². The molecule has 0 bridgehead atoms. The van der Waals surface area contributed by atoms with Gasteiger partial charge in [0.2, 0.25) is 5.78 Å². The average molecular weight is 309 g/mol. The normalized spacial score (nSPS) is 13.0. The van der Waals surface area contributed by atoms with Gasteiger partial charge in [0.25, 0.3) is 0 Å². The van der Waals surface area contributed by atoms with Crippen LogP contribution in [0.2, 0.25) is 10.0 Å². The van der Waals surface area contributed by atoms with Crippen molar-refractivity contribution >= 4 is 29.0 Å². The topological polar surface area (TPSA) is 35.5 Å². The molecule has 0 atom stereocenters. The molecule has 0 saturated heterocycles. The van der Waals surface area contributed by atoms with Crippen LogP contribution in [0.5, 0.6) is 11.5 Å². The SMILES string of the molecule is O=C1COc2cc(OCc3cccc(Cl)c3Cl)ccc21. The zero-order valence-corrected chi connectivity index (χ0v) is 11.9. The van der Waals surface area contributed by atoms with Gasteiger partial charge in [0.05, 0.1) is 15.6 Å². The molecule has 0 N–H and O–H groups in total. The van der Waals surface area contributed by atoms with E-state index in [-0.39, 0.29) is 12.4 Å². The van der Waals surface area contributed by atoms with Gasteiger partial charge in [-0.1, -0.05) is 35.3 Å². The van der Waals surface area contributed by atoms with E-state index in [0.717, 1.165) is 5.56 Å². The lowest BCUT2D eigenvalue weighted by Crippen LogP contribution is -1.98. The molecule has 0 aliphatic carbocycles. The van der Waals surface area contributed by atoms with Gasteiger partial charge in [-0.15, -0.1) is 0 Å². The zero-order valence-electron chi connectivity index (χ0n) is 10.4. The van der Waals surface area contributed by atoms with Crippen LogP contribution in [0.3, 0.4) is 0 Å². The number of ether oxygens (including phenoxy) is 2. The van der Waals surface area contributed by atoms with Crippen LogP contribution in [0.25, 0.3) is 0 Å². The van der Waals surface area contributed by atoms with E-state index in [2.05, 4.69) is 0 Å². The smallest absolute Gasteiger partial charge is 0.203 e. The third-order valence-electron chi connectivity index (χ3n) is 3.04. The van der Waals surface area contributed by atoms with Crippen molar-refractivity contribution in [3.8, 4) is 11.5 Å². The second-order valence-corrected chi connectivity index (χ2v) is 5.16. The van der Waals surface area contributed by atoms with Gasteiger partial charge in [0.15, 0.2) is 6.61 Å². The van der Waals surface area contributed by atoms with E-state index in [9.17, 15) is 4.79 Å². The summed E-state index contributed by atoms with van der Waals surface area (Å²) in [5.74, 6) is 1.17. The molecule has 2 aromatic carbocycles. The fourth-order valence-electron chi connectivity index (χ4n) is 1.98. The lowest BCUT2D eigenvalue weighted by Gasteiger charge is -2.09. The van der Waals surface area contributed by atoms with E-state index >= 15 is 0 Å². The molecule has 0 spiro atoms. The monoisotopic (exact) mass is 308 g/mol. The Morgan fingerprint density at radius 2 is 2.05 bits per heavy atom. The molecule has 0 amide bonds. The summed E-state index contributed by atoms with van der Waals surface area (Å²) in [5, 5.41) is 0.984. The second-order valence-electron chi connectivity index (χ2n) is 4.37. The summed E-state index contributed by atoms with van der Waals surface area (Å²) in [6, 6.07) is 10.5. The first-order valence-corrected chi connectivity index (χ1v) is 6.76. The van der Waals surface area contributed by atoms with Crippen LogP contribution >= 0.6 is 23.2 Å². The minimum atomic E-state index is -0.00978. The summed E-state index contributed by atoms with van der Waals surface area (Å²) in [7, 11) is 0. The van der Waals surface area contributed by atoms with E-state index in [1.807, 2.05) is 12.1 Å². The number of fused-ring (bicyclic) bond motifs is 1. The minimum Gasteiger partial charge on any atom is -0.489 e. The number of hydrogen-bond acceptors (Lipinski definition) is 3. The molecule has 20 heavy (non-hydrogen) atoms. The molecule has 1 aliphatic rings. The third-order valence-corrected chi connectivity index (χ3v) is 3.90. The molecule has 3 nitrogen and oxygen atoms in total. The van der Waals surface area contributed by atoms with E-state index in [0.29, 0.717) is 33.7 Å². The van der Waals surface area contributed by atoms with Gasteiger partial charge in [-0.3, -0.25) is 4.79 Å². The molecule has 1 heterocycles. The van der Waals surface area contributed by atoms with Gasteiger partial charge in [0, 0.05) is 11.6 Å². The molecule has 2 aromatic rings. The van der Waals surface area contributed by atoms with Crippen molar-refractivity contribution in [1.29, 1.82) is 0 Å². The molecule has 0 fully saturated rings. The van der Waals surface area contributed by atoms with Crippen molar-refractivity contribution in [2.45, 2.75) is 6.61 Å². The summed E-state index contributed by atoms with van der Waals surface area (Å²) in [6.45, 7) is 0.394. The maximum Gasteiger partial charge on any atom is 0.203 e. The zero-order chi connectivity index (χ0) is 14.1. The second kappa shape index (κ2) is 5.35. The predicted octanol–water partition coefficient (Wildman–Crippen LogP) is 4.15. The van der Waals surface area contributed by atoms with Crippen LogP contribution in [0, 0.1) is 0 Å². The number of carbonyl (C=O) groups excluding carboxylic acids is 1. The molecule has 0 radical (unpaired) electrons. The number of Topliss-reactive ketones (excluding diaryl/α,β-unsaturated/α-hetero) is 1. The highest BCUT2D eigenvalue weighted by molar-refractivity contribution is 6.42. The van der Waals surface area contributed by atoms with Gasteiger partial charge in [-0.25, -0.2) is 0 Å².